The van der Waals surface area contributed by atoms with Crippen molar-refractivity contribution in [3.63, 3.8) is 0 Å². The first-order chi connectivity index (χ1) is 14.4. The molecule has 0 radical (unpaired) electrons. The summed E-state index contributed by atoms with van der Waals surface area (Å²) in [6.45, 7) is 2.24. The Morgan fingerprint density at radius 3 is 2.13 bits per heavy atom. The van der Waals surface area contributed by atoms with Gasteiger partial charge >= 0.3 is 6.36 Å². The molecule has 0 aliphatic heterocycles. The van der Waals surface area contributed by atoms with E-state index in [0.717, 1.165) is 23.6 Å². The van der Waals surface area contributed by atoms with Crippen molar-refractivity contribution in [2.75, 3.05) is 0 Å². The third kappa shape index (κ3) is 6.48. The van der Waals surface area contributed by atoms with Gasteiger partial charge in [0.2, 0.25) is 0 Å². The molecule has 0 spiro atoms. The minimum atomic E-state index is -4.90. The van der Waals surface area contributed by atoms with Crippen molar-refractivity contribution in [3.8, 4) is 16.9 Å². The Kier molecular flexibility index (Phi) is 7.79. The van der Waals surface area contributed by atoms with Crippen LogP contribution in [0, 0.1) is 11.7 Å². The van der Waals surface area contributed by atoms with Crippen molar-refractivity contribution < 1.29 is 22.3 Å². The van der Waals surface area contributed by atoms with Crippen molar-refractivity contribution in [3.05, 3.63) is 53.8 Å². The van der Waals surface area contributed by atoms with Crippen LogP contribution >= 0.6 is 0 Å². The fourth-order valence-corrected chi connectivity index (χ4v) is 4.48. The van der Waals surface area contributed by atoms with Crippen LogP contribution in [0.3, 0.4) is 0 Å². The highest BCUT2D eigenvalue weighted by Crippen LogP contribution is 2.38. The van der Waals surface area contributed by atoms with Gasteiger partial charge in [-0.2, -0.15) is 0 Å². The van der Waals surface area contributed by atoms with Crippen molar-refractivity contribution >= 4 is 0 Å². The Bertz CT molecular complexity index is 790. The molecule has 1 fully saturated rings. The van der Waals surface area contributed by atoms with E-state index in [2.05, 4.69) is 23.8 Å². The molecule has 0 saturated heterocycles. The molecular formula is C25H30F4O. The number of benzene rings is 2. The topological polar surface area (TPSA) is 9.23 Å². The summed E-state index contributed by atoms with van der Waals surface area (Å²) in [7, 11) is 0. The normalized spacial score (nSPS) is 19.6. The maximum absolute atomic E-state index is 14.0. The van der Waals surface area contributed by atoms with Gasteiger partial charge in [0.05, 0.1) is 0 Å². The lowest BCUT2D eigenvalue weighted by molar-refractivity contribution is -0.275. The molecule has 0 bridgehead atoms. The lowest BCUT2D eigenvalue weighted by Gasteiger charge is -2.29. The Balaban J connectivity index is 1.56. The van der Waals surface area contributed by atoms with E-state index in [1.807, 2.05) is 12.1 Å². The number of hydrogen-bond acceptors (Lipinski definition) is 1. The number of unbranched alkanes of at least 4 members (excludes halogenated alkanes) is 3. The fourth-order valence-electron chi connectivity index (χ4n) is 4.48. The van der Waals surface area contributed by atoms with Crippen molar-refractivity contribution in [1.82, 2.24) is 0 Å². The summed E-state index contributed by atoms with van der Waals surface area (Å²) in [5.74, 6) is -0.413. The predicted octanol–water partition coefficient (Wildman–Crippen LogP) is 8.64. The molecule has 2 aromatic carbocycles. The fraction of sp³-hybridized carbons (Fsp3) is 0.520. The maximum Gasteiger partial charge on any atom is 0.573 e. The standard InChI is InChI=1S/C25H30F4O/c1-2-3-4-5-6-18-7-9-19(10-8-18)20-11-13-21(14-12-20)22-15-16-24(23(26)17-22)30-25(27,28)29/h11-19H,2-10H2,1H3/t18-,19-. The van der Waals surface area contributed by atoms with Crippen molar-refractivity contribution in [2.24, 2.45) is 5.92 Å². The van der Waals surface area contributed by atoms with Crippen LogP contribution in [0.2, 0.25) is 0 Å². The monoisotopic (exact) mass is 422 g/mol. The molecule has 2 aromatic rings. The molecule has 3 rings (SSSR count). The lowest BCUT2D eigenvalue weighted by atomic mass is 9.77. The second-order valence-electron chi connectivity index (χ2n) is 8.38. The first kappa shape index (κ1) is 22.6. The van der Waals surface area contributed by atoms with E-state index in [0.29, 0.717) is 11.5 Å². The highest BCUT2D eigenvalue weighted by atomic mass is 19.4. The summed E-state index contributed by atoms with van der Waals surface area (Å²) in [6.07, 6.45) is 6.73. The van der Waals surface area contributed by atoms with Crippen LogP contribution in [0.5, 0.6) is 5.75 Å². The second-order valence-corrected chi connectivity index (χ2v) is 8.38. The summed E-state index contributed by atoms with van der Waals surface area (Å²) in [5, 5.41) is 0. The van der Waals surface area contributed by atoms with Gasteiger partial charge in [0.1, 0.15) is 0 Å². The maximum atomic E-state index is 14.0. The van der Waals surface area contributed by atoms with Crippen molar-refractivity contribution in [1.29, 1.82) is 0 Å². The van der Waals surface area contributed by atoms with E-state index in [4.69, 9.17) is 0 Å². The summed E-state index contributed by atoms with van der Waals surface area (Å²) >= 11 is 0. The smallest absolute Gasteiger partial charge is 0.403 e. The van der Waals surface area contributed by atoms with Gasteiger partial charge in [-0.25, -0.2) is 4.39 Å². The Hall–Kier alpha value is -2.04. The second kappa shape index (κ2) is 10.3. The minimum Gasteiger partial charge on any atom is -0.403 e. The van der Waals surface area contributed by atoms with Gasteiger partial charge in [-0.15, -0.1) is 13.2 Å². The first-order valence-corrected chi connectivity index (χ1v) is 11.0. The molecule has 0 amide bonds. The van der Waals surface area contributed by atoms with Crippen LogP contribution in [0.1, 0.15) is 76.2 Å². The van der Waals surface area contributed by atoms with Crippen LogP contribution in [-0.4, -0.2) is 6.36 Å². The number of hydrogen-bond donors (Lipinski definition) is 0. The van der Waals surface area contributed by atoms with Gasteiger partial charge in [-0.1, -0.05) is 69.4 Å². The van der Waals surface area contributed by atoms with Crippen LogP contribution in [-0.2, 0) is 0 Å². The molecular weight excluding hydrogens is 392 g/mol. The molecule has 1 aliphatic carbocycles. The van der Waals surface area contributed by atoms with Gasteiger partial charge in [0.25, 0.3) is 0 Å². The van der Waals surface area contributed by atoms with Gasteiger partial charge in [-0.3, -0.25) is 0 Å². The summed E-state index contributed by atoms with van der Waals surface area (Å²) in [6, 6.07) is 11.5. The highest BCUT2D eigenvalue weighted by molar-refractivity contribution is 5.64. The third-order valence-electron chi connectivity index (χ3n) is 6.19. The summed E-state index contributed by atoms with van der Waals surface area (Å²) in [5.41, 5.74) is 2.60. The molecule has 164 valence electrons. The average molecular weight is 423 g/mol. The van der Waals surface area contributed by atoms with E-state index < -0.39 is 17.9 Å². The van der Waals surface area contributed by atoms with Crippen LogP contribution in [0.25, 0.3) is 11.1 Å². The summed E-state index contributed by atoms with van der Waals surface area (Å²) < 4.78 is 54.6. The van der Waals surface area contributed by atoms with Gasteiger partial charge in [0, 0.05) is 0 Å². The summed E-state index contributed by atoms with van der Waals surface area (Å²) in [4.78, 5) is 0. The van der Waals surface area contributed by atoms with Crippen LogP contribution < -0.4 is 4.74 Å². The lowest BCUT2D eigenvalue weighted by Crippen LogP contribution is -2.17. The number of halogens is 4. The number of rotatable bonds is 8. The molecule has 0 N–H and O–H groups in total. The molecule has 0 atom stereocenters. The molecule has 0 aromatic heterocycles. The zero-order valence-electron chi connectivity index (χ0n) is 17.5. The SMILES string of the molecule is CCCCCC[C@H]1CC[C@H](c2ccc(-c3ccc(OC(F)(F)F)c(F)c3)cc2)CC1. The van der Waals surface area contributed by atoms with Crippen molar-refractivity contribution in [2.45, 2.75) is 77.0 Å². The van der Waals surface area contributed by atoms with Gasteiger partial charge in [-0.05, 0) is 66.3 Å². The predicted molar refractivity (Wildman–Crippen MR) is 112 cm³/mol. The van der Waals surface area contributed by atoms with E-state index in [1.54, 1.807) is 0 Å². The van der Waals surface area contributed by atoms with Gasteiger partial charge in [0.15, 0.2) is 11.6 Å². The minimum absolute atomic E-state index is 0.532. The third-order valence-corrected chi connectivity index (χ3v) is 6.19. The zero-order valence-corrected chi connectivity index (χ0v) is 17.5. The number of ether oxygens (including phenoxy) is 1. The van der Waals surface area contributed by atoms with E-state index in [1.165, 1.54) is 69.4 Å². The zero-order chi connectivity index (χ0) is 21.6. The quantitative estimate of drug-likeness (QED) is 0.305. The van der Waals surface area contributed by atoms with E-state index >= 15 is 0 Å². The van der Waals surface area contributed by atoms with E-state index in [-0.39, 0.29) is 0 Å². The Labute approximate surface area is 176 Å². The first-order valence-electron chi connectivity index (χ1n) is 11.0. The average Bonchev–Trinajstić information content (AvgIpc) is 2.72. The molecule has 1 saturated carbocycles. The molecule has 30 heavy (non-hydrogen) atoms. The molecule has 0 heterocycles. The Morgan fingerprint density at radius 2 is 1.53 bits per heavy atom. The highest BCUT2D eigenvalue weighted by Gasteiger charge is 2.32. The Morgan fingerprint density at radius 1 is 0.867 bits per heavy atom. The van der Waals surface area contributed by atoms with E-state index in [9.17, 15) is 17.6 Å². The van der Waals surface area contributed by atoms with Crippen LogP contribution in [0.15, 0.2) is 42.5 Å². The molecule has 1 nitrogen and oxygen atoms in total. The van der Waals surface area contributed by atoms with Crippen LogP contribution in [0.4, 0.5) is 17.6 Å². The largest absolute Gasteiger partial charge is 0.573 e. The number of alkyl halides is 3. The molecule has 5 heteroatoms. The van der Waals surface area contributed by atoms with Gasteiger partial charge < -0.3 is 4.74 Å². The molecule has 0 unspecified atom stereocenters. The molecule has 1 aliphatic rings.